The largest absolute Gasteiger partial charge is 0.451 e. The molecule has 2 N–H and O–H groups in total. The van der Waals surface area contributed by atoms with E-state index in [9.17, 15) is 18.0 Å². The Morgan fingerprint density at radius 1 is 1.24 bits per heavy atom. The number of rotatable bonds is 8. The van der Waals surface area contributed by atoms with Crippen molar-refractivity contribution in [2.24, 2.45) is 5.92 Å². The first kappa shape index (κ1) is 25.8. The van der Waals surface area contributed by atoms with Crippen molar-refractivity contribution in [2.75, 3.05) is 24.5 Å². The number of halogens is 3. The summed E-state index contributed by atoms with van der Waals surface area (Å²) < 4.78 is 41.2. The van der Waals surface area contributed by atoms with Crippen LogP contribution in [0, 0.1) is 5.92 Å². The topological polar surface area (TPSA) is 101 Å². The third-order valence-electron chi connectivity index (χ3n) is 6.89. The molecule has 3 aromatic heterocycles. The van der Waals surface area contributed by atoms with Gasteiger partial charge in [-0.3, -0.25) is 4.79 Å². The Bertz CT molecular complexity index is 1270. The first-order chi connectivity index (χ1) is 17.8. The Labute approximate surface area is 216 Å². The summed E-state index contributed by atoms with van der Waals surface area (Å²) in [5.41, 5.74) is 0. The van der Waals surface area contributed by atoms with Gasteiger partial charge >= 0.3 is 6.18 Å². The summed E-state index contributed by atoms with van der Waals surface area (Å²) in [6.07, 6.45) is -0.598. The van der Waals surface area contributed by atoms with Gasteiger partial charge < -0.3 is 20.1 Å². The molecule has 0 radical (unpaired) electrons. The van der Waals surface area contributed by atoms with Gasteiger partial charge in [0.25, 0.3) is 0 Å². The average Bonchev–Trinajstić information content (AvgIpc) is 3.60. The van der Waals surface area contributed by atoms with Gasteiger partial charge in [0.1, 0.15) is 10.6 Å². The second kappa shape index (κ2) is 10.5. The number of alkyl halides is 3. The fourth-order valence-electron chi connectivity index (χ4n) is 5.10. The molecule has 13 heteroatoms. The summed E-state index contributed by atoms with van der Waals surface area (Å²) in [6, 6.07) is 1.74. The lowest BCUT2D eigenvalue weighted by molar-refractivity contribution is -0.147. The highest BCUT2D eigenvalue weighted by Crippen LogP contribution is 2.37. The van der Waals surface area contributed by atoms with Gasteiger partial charge in [0.15, 0.2) is 11.6 Å². The lowest BCUT2D eigenvalue weighted by Gasteiger charge is -2.30. The van der Waals surface area contributed by atoms with Crippen LogP contribution >= 0.6 is 11.3 Å². The van der Waals surface area contributed by atoms with E-state index >= 15 is 0 Å². The van der Waals surface area contributed by atoms with Crippen LogP contribution in [-0.4, -0.2) is 50.3 Å². The summed E-state index contributed by atoms with van der Waals surface area (Å²) in [7, 11) is 0. The quantitative estimate of drug-likeness (QED) is 0.451. The van der Waals surface area contributed by atoms with Crippen LogP contribution in [0.1, 0.15) is 67.9 Å². The molecule has 2 aliphatic heterocycles. The fourth-order valence-corrected chi connectivity index (χ4v) is 6.23. The van der Waals surface area contributed by atoms with Crippen molar-refractivity contribution in [3.63, 3.8) is 0 Å². The van der Waals surface area contributed by atoms with Crippen molar-refractivity contribution in [1.82, 2.24) is 35.4 Å². The van der Waals surface area contributed by atoms with Gasteiger partial charge in [0, 0.05) is 36.9 Å². The standard InChI is InChI=1S/C24H31F3N8OS/c1-3-5-15-11-16-21(34-9-10-35-17(13-34)32-33-23(35)24(25,26)27)30-20(31-22(16)37-15)19(14-7-8-28-12-14)29-18(36)6-4-2/h11,14,19,28H,3-10,12-13H2,1-2H3,(H,29,36)/t14?,19-/m0/s1. The van der Waals surface area contributed by atoms with Gasteiger partial charge in [-0.15, -0.1) is 21.5 Å². The highest BCUT2D eigenvalue weighted by molar-refractivity contribution is 7.18. The Kier molecular flexibility index (Phi) is 7.35. The number of nitrogens with zero attached hydrogens (tertiary/aromatic N) is 6. The van der Waals surface area contributed by atoms with Crippen LogP contribution in [0.3, 0.4) is 0 Å². The van der Waals surface area contributed by atoms with Crippen LogP contribution in [0.15, 0.2) is 6.07 Å². The number of carbonyl (C=O) groups excluding carboxylic acids is 1. The number of fused-ring (bicyclic) bond motifs is 2. The number of aromatic nitrogens is 5. The van der Waals surface area contributed by atoms with Crippen molar-refractivity contribution >= 4 is 33.3 Å². The molecule has 0 aliphatic carbocycles. The molecule has 0 aromatic carbocycles. The Hall–Kier alpha value is -2.80. The Balaban J connectivity index is 1.55. The van der Waals surface area contributed by atoms with Gasteiger partial charge in [-0.2, -0.15) is 13.2 Å². The molecule has 0 saturated carbocycles. The minimum absolute atomic E-state index is 0.0340. The lowest BCUT2D eigenvalue weighted by atomic mass is 9.97. The van der Waals surface area contributed by atoms with Gasteiger partial charge in [-0.25, -0.2) is 9.97 Å². The Morgan fingerprint density at radius 3 is 2.78 bits per heavy atom. The van der Waals surface area contributed by atoms with E-state index in [1.54, 1.807) is 11.3 Å². The van der Waals surface area contributed by atoms with Crippen molar-refractivity contribution < 1.29 is 18.0 Å². The van der Waals surface area contributed by atoms with E-state index in [4.69, 9.17) is 9.97 Å². The third kappa shape index (κ3) is 5.28. The fraction of sp³-hybridized carbons (Fsp3) is 0.625. The molecular formula is C24H31F3N8OS. The first-order valence-electron chi connectivity index (χ1n) is 12.8. The van der Waals surface area contributed by atoms with Crippen LogP contribution in [0.25, 0.3) is 10.2 Å². The van der Waals surface area contributed by atoms with E-state index in [1.807, 2.05) is 11.8 Å². The third-order valence-corrected chi connectivity index (χ3v) is 7.97. The SMILES string of the molecule is CCCC(=O)N[C@H](c1nc(N2CCn3c(nnc3C(F)(F)F)C2)c2cc(CCC)sc2n1)C1CCNC1. The predicted octanol–water partition coefficient (Wildman–Crippen LogP) is 3.84. The molecule has 9 nitrogen and oxygen atoms in total. The molecular weight excluding hydrogens is 505 g/mol. The highest BCUT2D eigenvalue weighted by atomic mass is 32.1. The summed E-state index contributed by atoms with van der Waals surface area (Å²) in [4.78, 5) is 26.5. The van der Waals surface area contributed by atoms with Gasteiger partial charge in [0.05, 0.1) is 18.0 Å². The summed E-state index contributed by atoms with van der Waals surface area (Å²) in [5.74, 6) is 0.622. The molecule has 3 aromatic rings. The molecule has 0 bridgehead atoms. The number of thiophene rings is 1. The van der Waals surface area contributed by atoms with Crippen LogP contribution in [0.2, 0.25) is 0 Å². The summed E-state index contributed by atoms with van der Waals surface area (Å²) >= 11 is 1.61. The molecule has 1 unspecified atom stereocenters. The second-order valence-corrected chi connectivity index (χ2v) is 10.8. The van der Waals surface area contributed by atoms with E-state index in [-0.39, 0.29) is 36.8 Å². The van der Waals surface area contributed by atoms with Crippen molar-refractivity contribution in [1.29, 1.82) is 0 Å². The number of hydrogen-bond acceptors (Lipinski definition) is 8. The smallest absolute Gasteiger partial charge is 0.347 e. The molecule has 5 rings (SSSR count). The zero-order valence-electron chi connectivity index (χ0n) is 20.9. The maximum atomic E-state index is 13.4. The molecule has 37 heavy (non-hydrogen) atoms. The Morgan fingerprint density at radius 2 is 2.08 bits per heavy atom. The van der Waals surface area contributed by atoms with E-state index < -0.39 is 12.0 Å². The number of carbonyl (C=O) groups is 1. The number of nitrogens with one attached hydrogen (secondary N) is 2. The molecule has 2 aliphatic rings. The molecule has 1 fully saturated rings. The van der Waals surface area contributed by atoms with E-state index in [1.165, 1.54) is 4.88 Å². The zero-order chi connectivity index (χ0) is 26.2. The summed E-state index contributed by atoms with van der Waals surface area (Å²) in [5, 5.41) is 14.7. The van der Waals surface area contributed by atoms with Crippen LogP contribution in [0.4, 0.5) is 19.0 Å². The minimum atomic E-state index is -4.55. The summed E-state index contributed by atoms with van der Waals surface area (Å²) in [6.45, 7) is 6.29. The van der Waals surface area contributed by atoms with Crippen LogP contribution in [0.5, 0.6) is 0 Å². The number of hydrogen-bond donors (Lipinski definition) is 2. The van der Waals surface area contributed by atoms with Gasteiger partial charge in [0.2, 0.25) is 11.7 Å². The number of anilines is 1. The predicted molar refractivity (Wildman–Crippen MR) is 134 cm³/mol. The lowest BCUT2D eigenvalue weighted by Crippen LogP contribution is -2.38. The monoisotopic (exact) mass is 536 g/mol. The average molecular weight is 537 g/mol. The maximum Gasteiger partial charge on any atom is 0.451 e. The zero-order valence-corrected chi connectivity index (χ0v) is 21.8. The molecule has 2 atom stereocenters. The molecule has 0 spiro atoms. The number of amides is 1. The second-order valence-electron chi connectivity index (χ2n) is 9.65. The van der Waals surface area contributed by atoms with Crippen molar-refractivity contribution in [3.05, 3.63) is 28.4 Å². The normalized spacial score (nSPS) is 18.8. The molecule has 5 heterocycles. The number of aryl methyl sites for hydroxylation is 1. The van der Waals surface area contributed by atoms with E-state index in [2.05, 4.69) is 33.8 Å². The highest BCUT2D eigenvalue weighted by Gasteiger charge is 2.40. The molecule has 1 saturated heterocycles. The van der Waals surface area contributed by atoms with Gasteiger partial charge in [-0.05, 0) is 31.9 Å². The molecule has 200 valence electrons. The maximum absolute atomic E-state index is 13.4. The van der Waals surface area contributed by atoms with E-state index in [0.717, 1.165) is 53.6 Å². The minimum Gasteiger partial charge on any atom is -0.347 e. The van der Waals surface area contributed by atoms with Crippen molar-refractivity contribution in [2.45, 2.75) is 71.3 Å². The van der Waals surface area contributed by atoms with E-state index in [0.29, 0.717) is 24.6 Å². The van der Waals surface area contributed by atoms with Crippen LogP contribution < -0.4 is 15.5 Å². The van der Waals surface area contributed by atoms with Crippen LogP contribution in [-0.2, 0) is 30.5 Å². The van der Waals surface area contributed by atoms with Gasteiger partial charge in [-0.1, -0.05) is 20.3 Å². The first-order valence-corrected chi connectivity index (χ1v) is 13.6. The molecule has 1 amide bonds. The van der Waals surface area contributed by atoms with Crippen molar-refractivity contribution in [3.8, 4) is 0 Å².